The van der Waals surface area contributed by atoms with Crippen LogP contribution in [0.15, 0.2) is 29.3 Å². The zero-order valence-electron chi connectivity index (χ0n) is 16.6. The number of hydrogen-bond donors (Lipinski definition) is 2. The first-order valence-corrected chi connectivity index (χ1v) is 9.51. The van der Waals surface area contributed by atoms with Crippen molar-refractivity contribution in [3.8, 4) is 5.75 Å². The largest absolute Gasteiger partial charge is 0.497 e. The van der Waals surface area contributed by atoms with Gasteiger partial charge >= 0.3 is 0 Å². The van der Waals surface area contributed by atoms with E-state index in [9.17, 15) is 0 Å². The van der Waals surface area contributed by atoms with E-state index >= 15 is 0 Å². The van der Waals surface area contributed by atoms with Gasteiger partial charge in [0.25, 0.3) is 0 Å². The topological polar surface area (TPSA) is 58.1 Å². The summed E-state index contributed by atoms with van der Waals surface area (Å²) in [6, 6.07) is 8.57. The van der Waals surface area contributed by atoms with Crippen LogP contribution in [0.2, 0.25) is 0 Å². The van der Waals surface area contributed by atoms with Crippen molar-refractivity contribution in [3.63, 3.8) is 0 Å². The number of rotatable bonds is 8. The molecule has 0 bridgehead atoms. The van der Waals surface area contributed by atoms with Crippen LogP contribution in [0.1, 0.15) is 25.8 Å². The summed E-state index contributed by atoms with van der Waals surface area (Å²) in [4.78, 5) is 6.90. The predicted octanol–water partition coefficient (Wildman–Crippen LogP) is 2.11. The summed E-state index contributed by atoms with van der Waals surface area (Å²) in [5.74, 6) is 2.36. The number of ether oxygens (including phenoxy) is 2. The van der Waals surface area contributed by atoms with Gasteiger partial charge in [0.15, 0.2) is 5.96 Å². The maximum Gasteiger partial charge on any atom is 0.191 e. The number of nitrogens with one attached hydrogen (secondary N) is 2. The second-order valence-corrected chi connectivity index (χ2v) is 7.09. The van der Waals surface area contributed by atoms with Gasteiger partial charge in [0.05, 0.1) is 20.3 Å². The van der Waals surface area contributed by atoms with Crippen LogP contribution >= 0.6 is 0 Å². The van der Waals surface area contributed by atoms with Gasteiger partial charge in [-0.25, -0.2) is 0 Å². The van der Waals surface area contributed by atoms with Crippen LogP contribution < -0.4 is 15.4 Å². The summed E-state index contributed by atoms with van der Waals surface area (Å²) in [6.07, 6.45) is 1.17. The number of benzene rings is 1. The lowest BCUT2D eigenvalue weighted by Gasteiger charge is -2.35. The lowest BCUT2D eigenvalue weighted by atomic mass is 10.0. The van der Waals surface area contributed by atoms with Gasteiger partial charge < -0.3 is 20.1 Å². The van der Waals surface area contributed by atoms with Crippen LogP contribution in [-0.2, 0) is 11.3 Å². The van der Waals surface area contributed by atoms with Gasteiger partial charge in [-0.15, -0.1) is 0 Å². The van der Waals surface area contributed by atoms with Crippen molar-refractivity contribution in [3.05, 3.63) is 29.8 Å². The molecule has 0 aromatic heterocycles. The Kier molecular flexibility index (Phi) is 8.71. The SMILES string of the molecule is CN=C(NCc1cccc(OC)c1)NCC(CC(C)C)N1CCOCC1. The van der Waals surface area contributed by atoms with Crippen molar-refractivity contribution in [1.29, 1.82) is 0 Å². The van der Waals surface area contributed by atoms with Crippen molar-refractivity contribution < 1.29 is 9.47 Å². The normalized spacial score (nSPS) is 17.2. The predicted molar refractivity (Wildman–Crippen MR) is 107 cm³/mol. The number of hydrogen-bond acceptors (Lipinski definition) is 4. The summed E-state index contributed by atoms with van der Waals surface area (Å²) < 4.78 is 10.8. The Hall–Kier alpha value is -1.79. The van der Waals surface area contributed by atoms with E-state index in [2.05, 4.69) is 40.4 Å². The fraction of sp³-hybridized carbons (Fsp3) is 0.650. The van der Waals surface area contributed by atoms with Crippen LogP contribution in [0.3, 0.4) is 0 Å². The molecule has 1 saturated heterocycles. The molecule has 0 aliphatic carbocycles. The Morgan fingerprint density at radius 1 is 1.27 bits per heavy atom. The molecule has 0 saturated carbocycles. The van der Waals surface area contributed by atoms with Crippen LogP contribution in [0.4, 0.5) is 0 Å². The molecule has 1 aliphatic heterocycles. The van der Waals surface area contributed by atoms with Crippen molar-refractivity contribution in [2.45, 2.75) is 32.9 Å². The van der Waals surface area contributed by atoms with Crippen molar-refractivity contribution in [2.24, 2.45) is 10.9 Å². The molecule has 6 nitrogen and oxygen atoms in total. The highest BCUT2D eigenvalue weighted by Crippen LogP contribution is 2.13. The maximum absolute atomic E-state index is 5.50. The molecular weight excluding hydrogens is 328 g/mol. The fourth-order valence-corrected chi connectivity index (χ4v) is 3.25. The van der Waals surface area contributed by atoms with E-state index < -0.39 is 0 Å². The molecule has 0 amide bonds. The lowest BCUT2D eigenvalue weighted by molar-refractivity contribution is 0.0132. The number of aliphatic imine (C=N–C) groups is 1. The minimum Gasteiger partial charge on any atom is -0.497 e. The lowest BCUT2D eigenvalue weighted by Crippen LogP contribution is -2.50. The van der Waals surface area contributed by atoms with E-state index in [1.807, 2.05) is 25.2 Å². The Bertz CT molecular complexity index is 556. The Morgan fingerprint density at radius 3 is 2.69 bits per heavy atom. The van der Waals surface area contributed by atoms with Crippen LogP contribution in [-0.4, -0.2) is 63.9 Å². The number of nitrogens with zero attached hydrogens (tertiary/aromatic N) is 2. The third-order valence-corrected chi connectivity index (χ3v) is 4.63. The molecule has 1 atom stereocenters. The van der Waals surface area contributed by atoms with Gasteiger partial charge in [-0.3, -0.25) is 9.89 Å². The zero-order valence-corrected chi connectivity index (χ0v) is 16.6. The molecule has 0 spiro atoms. The standard InChI is InChI=1S/C20H34N4O2/c1-16(2)12-18(24-8-10-26-11-9-24)15-23-20(21-3)22-14-17-6-5-7-19(13-17)25-4/h5-7,13,16,18H,8-12,14-15H2,1-4H3,(H2,21,22,23). The van der Waals surface area contributed by atoms with Gasteiger partial charge in [-0.1, -0.05) is 26.0 Å². The summed E-state index contributed by atoms with van der Waals surface area (Å²) in [5, 5.41) is 6.88. The van der Waals surface area contributed by atoms with Crippen molar-refractivity contribution >= 4 is 5.96 Å². The molecule has 1 aliphatic rings. The minimum atomic E-state index is 0.495. The summed E-state index contributed by atoms with van der Waals surface area (Å²) in [6.45, 7) is 9.84. The summed E-state index contributed by atoms with van der Waals surface area (Å²) >= 11 is 0. The molecule has 1 heterocycles. The molecule has 26 heavy (non-hydrogen) atoms. The molecule has 1 aromatic carbocycles. The maximum atomic E-state index is 5.50. The first-order valence-electron chi connectivity index (χ1n) is 9.51. The van der Waals surface area contributed by atoms with E-state index in [1.54, 1.807) is 7.11 Å². The number of guanidine groups is 1. The van der Waals surface area contributed by atoms with Crippen LogP contribution in [0.5, 0.6) is 5.75 Å². The van der Waals surface area contributed by atoms with E-state index in [-0.39, 0.29) is 0 Å². The van der Waals surface area contributed by atoms with Gasteiger partial charge in [-0.2, -0.15) is 0 Å². The average molecular weight is 363 g/mol. The number of morpholine rings is 1. The van der Waals surface area contributed by atoms with Gasteiger partial charge in [-0.05, 0) is 30.0 Å². The first-order chi connectivity index (χ1) is 12.6. The Balaban J connectivity index is 1.86. The minimum absolute atomic E-state index is 0.495. The molecule has 6 heteroatoms. The first kappa shape index (κ1) is 20.5. The highest BCUT2D eigenvalue weighted by Gasteiger charge is 2.22. The summed E-state index contributed by atoms with van der Waals surface area (Å²) in [7, 11) is 3.50. The van der Waals surface area contributed by atoms with E-state index in [0.29, 0.717) is 18.5 Å². The molecule has 1 fully saturated rings. The van der Waals surface area contributed by atoms with Gasteiger partial charge in [0.1, 0.15) is 5.75 Å². The van der Waals surface area contributed by atoms with Gasteiger partial charge in [0.2, 0.25) is 0 Å². The molecule has 146 valence electrons. The second-order valence-electron chi connectivity index (χ2n) is 7.09. The second kappa shape index (κ2) is 11.0. The molecule has 2 rings (SSSR count). The van der Waals surface area contributed by atoms with Crippen molar-refractivity contribution in [2.75, 3.05) is 47.0 Å². The average Bonchev–Trinajstić information content (AvgIpc) is 2.67. The van der Waals surface area contributed by atoms with Crippen molar-refractivity contribution in [1.82, 2.24) is 15.5 Å². The molecule has 0 radical (unpaired) electrons. The van der Waals surface area contributed by atoms with E-state index in [1.165, 1.54) is 12.0 Å². The highest BCUT2D eigenvalue weighted by molar-refractivity contribution is 5.79. The number of methoxy groups -OCH3 is 1. The smallest absolute Gasteiger partial charge is 0.191 e. The summed E-state index contributed by atoms with van der Waals surface area (Å²) in [5.41, 5.74) is 1.17. The van der Waals surface area contributed by atoms with Crippen LogP contribution in [0.25, 0.3) is 0 Å². The van der Waals surface area contributed by atoms with Gasteiger partial charge in [0, 0.05) is 39.3 Å². The highest BCUT2D eigenvalue weighted by atomic mass is 16.5. The molecule has 2 N–H and O–H groups in total. The fourth-order valence-electron chi connectivity index (χ4n) is 3.25. The Labute approximate surface area is 158 Å². The zero-order chi connectivity index (χ0) is 18.8. The monoisotopic (exact) mass is 362 g/mol. The van der Waals surface area contributed by atoms with E-state index in [0.717, 1.165) is 44.6 Å². The van der Waals surface area contributed by atoms with Crippen LogP contribution in [0, 0.1) is 5.92 Å². The third kappa shape index (κ3) is 6.84. The van der Waals surface area contributed by atoms with E-state index in [4.69, 9.17) is 9.47 Å². The molecule has 1 unspecified atom stereocenters. The molecule has 1 aromatic rings. The quantitative estimate of drug-likeness (QED) is 0.548. The Morgan fingerprint density at radius 2 is 2.04 bits per heavy atom. The molecular formula is C20H34N4O2. The third-order valence-electron chi connectivity index (χ3n) is 4.63.